The Kier molecular flexibility index (Phi) is 4.18. The maximum atomic E-state index is 9.66. The van der Waals surface area contributed by atoms with Crippen LogP contribution in [0.25, 0.3) is 0 Å². The van der Waals surface area contributed by atoms with E-state index in [0.29, 0.717) is 6.61 Å². The topological polar surface area (TPSA) is 41.8 Å². The van der Waals surface area contributed by atoms with E-state index in [1.165, 1.54) is 0 Å². The Hall–Kier alpha value is -2.29. The van der Waals surface area contributed by atoms with E-state index in [4.69, 9.17) is 4.84 Å². The average molecular weight is 255 g/mol. The quantitative estimate of drug-likeness (QED) is 0.669. The van der Waals surface area contributed by atoms with Gasteiger partial charge in [0.1, 0.15) is 12.4 Å². The molecule has 0 spiro atoms. The lowest BCUT2D eigenvalue weighted by molar-refractivity contribution is 0.130. The summed E-state index contributed by atoms with van der Waals surface area (Å²) >= 11 is 0. The molecule has 0 radical (unpaired) electrons. The van der Waals surface area contributed by atoms with E-state index in [1.807, 2.05) is 56.3 Å². The van der Waals surface area contributed by atoms with Gasteiger partial charge in [0.15, 0.2) is 0 Å². The van der Waals surface area contributed by atoms with Gasteiger partial charge in [0.2, 0.25) is 0 Å². The van der Waals surface area contributed by atoms with E-state index in [9.17, 15) is 5.11 Å². The summed E-state index contributed by atoms with van der Waals surface area (Å²) < 4.78 is 0. The number of phenolic OH excluding ortho intramolecular Hbond substituents is 1. The number of benzene rings is 2. The normalized spacial score (nSPS) is 11.4. The predicted molar refractivity (Wildman–Crippen MR) is 76.3 cm³/mol. The van der Waals surface area contributed by atoms with E-state index < -0.39 is 0 Å². The first-order valence-electron chi connectivity index (χ1n) is 6.17. The molecule has 0 aliphatic carbocycles. The number of aromatic hydroxyl groups is 1. The minimum Gasteiger partial charge on any atom is -0.508 e. The highest BCUT2D eigenvalue weighted by Crippen LogP contribution is 2.18. The van der Waals surface area contributed by atoms with Gasteiger partial charge in [-0.15, -0.1) is 0 Å². The van der Waals surface area contributed by atoms with Crippen LogP contribution in [-0.4, -0.2) is 10.8 Å². The lowest BCUT2D eigenvalue weighted by Gasteiger charge is -2.04. The van der Waals surface area contributed by atoms with Gasteiger partial charge in [0, 0.05) is 5.56 Å². The Labute approximate surface area is 113 Å². The van der Waals surface area contributed by atoms with Crippen molar-refractivity contribution in [1.29, 1.82) is 0 Å². The molecule has 2 rings (SSSR count). The molecule has 0 bridgehead atoms. The van der Waals surface area contributed by atoms with E-state index >= 15 is 0 Å². The third-order valence-corrected chi connectivity index (χ3v) is 2.90. The molecule has 0 aliphatic heterocycles. The maximum absolute atomic E-state index is 9.66. The van der Waals surface area contributed by atoms with Crippen LogP contribution in [0.4, 0.5) is 0 Å². The second-order valence-corrected chi connectivity index (χ2v) is 4.44. The summed E-state index contributed by atoms with van der Waals surface area (Å²) in [5.41, 5.74) is 3.52. The number of nitrogens with zero attached hydrogens (tertiary/aromatic N) is 1. The lowest BCUT2D eigenvalue weighted by Crippen LogP contribution is -1.97. The number of phenols is 1. The number of hydrogen-bond acceptors (Lipinski definition) is 3. The number of rotatable bonds is 4. The minimum absolute atomic E-state index is 0.273. The molecular weight excluding hydrogens is 238 g/mol. The Morgan fingerprint density at radius 3 is 2.58 bits per heavy atom. The molecule has 0 amide bonds. The molecule has 2 aromatic carbocycles. The molecule has 0 atom stereocenters. The number of aryl methyl sites for hydroxylation is 1. The van der Waals surface area contributed by atoms with Crippen molar-refractivity contribution in [2.24, 2.45) is 5.16 Å². The fourth-order valence-corrected chi connectivity index (χ4v) is 1.67. The molecule has 0 saturated carbocycles. The van der Waals surface area contributed by atoms with Gasteiger partial charge < -0.3 is 9.94 Å². The Morgan fingerprint density at radius 2 is 1.89 bits per heavy atom. The van der Waals surface area contributed by atoms with Gasteiger partial charge in [0.05, 0.1) is 5.71 Å². The SMILES string of the molecule is C/C(=N\OCc1ccccc1)c1ccc(C)c(O)c1. The van der Waals surface area contributed by atoms with Crippen LogP contribution in [-0.2, 0) is 11.4 Å². The van der Waals surface area contributed by atoms with Crippen molar-refractivity contribution in [3.63, 3.8) is 0 Å². The van der Waals surface area contributed by atoms with E-state index in [1.54, 1.807) is 6.07 Å². The molecule has 0 unspecified atom stereocenters. The predicted octanol–water partition coefficient (Wildman–Crippen LogP) is 3.64. The van der Waals surface area contributed by atoms with Gasteiger partial charge in [-0.3, -0.25) is 0 Å². The third kappa shape index (κ3) is 3.58. The molecule has 0 saturated heterocycles. The minimum atomic E-state index is 0.273. The molecule has 1 N–H and O–H groups in total. The maximum Gasteiger partial charge on any atom is 0.142 e. The molecule has 3 heteroatoms. The summed E-state index contributed by atoms with van der Waals surface area (Å²) in [6, 6.07) is 15.3. The fourth-order valence-electron chi connectivity index (χ4n) is 1.67. The lowest BCUT2D eigenvalue weighted by atomic mass is 10.1. The van der Waals surface area contributed by atoms with Crippen LogP contribution in [0.1, 0.15) is 23.6 Å². The zero-order valence-electron chi connectivity index (χ0n) is 11.1. The van der Waals surface area contributed by atoms with Crippen LogP contribution < -0.4 is 0 Å². The highest BCUT2D eigenvalue weighted by atomic mass is 16.6. The standard InChI is InChI=1S/C16H17NO2/c1-12-8-9-15(10-16(12)18)13(2)17-19-11-14-6-4-3-5-7-14/h3-10,18H,11H2,1-2H3/b17-13+. The first kappa shape index (κ1) is 13.1. The van der Waals surface area contributed by atoms with Crippen molar-refractivity contribution in [2.45, 2.75) is 20.5 Å². The van der Waals surface area contributed by atoms with E-state index in [-0.39, 0.29) is 5.75 Å². The van der Waals surface area contributed by atoms with Crippen LogP contribution in [0.5, 0.6) is 5.75 Å². The summed E-state index contributed by atoms with van der Waals surface area (Å²) in [5, 5.41) is 13.7. The zero-order chi connectivity index (χ0) is 13.7. The van der Waals surface area contributed by atoms with Crippen LogP contribution in [0.3, 0.4) is 0 Å². The summed E-state index contributed by atoms with van der Waals surface area (Å²) in [6.07, 6.45) is 0. The highest BCUT2D eigenvalue weighted by molar-refractivity contribution is 5.98. The van der Waals surface area contributed by atoms with Gasteiger partial charge in [-0.1, -0.05) is 47.6 Å². The van der Waals surface area contributed by atoms with Gasteiger partial charge in [-0.2, -0.15) is 0 Å². The van der Waals surface area contributed by atoms with Gasteiger partial charge in [-0.25, -0.2) is 0 Å². The second kappa shape index (κ2) is 6.05. The van der Waals surface area contributed by atoms with Crippen molar-refractivity contribution >= 4 is 5.71 Å². The molecular formula is C16H17NO2. The zero-order valence-corrected chi connectivity index (χ0v) is 11.1. The molecule has 0 heterocycles. The van der Waals surface area contributed by atoms with Crippen molar-refractivity contribution < 1.29 is 9.94 Å². The highest BCUT2D eigenvalue weighted by Gasteiger charge is 2.02. The number of hydrogen-bond donors (Lipinski definition) is 1. The smallest absolute Gasteiger partial charge is 0.142 e. The molecule has 2 aromatic rings. The van der Waals surface area contributed by atoms with E-state index in [2.05, 4.69) is 5.16 Å². The summed E-state index contributed by atoms with van der Waals surface area (Å²) in [6.45, 7) is 4.16. The first-order chi connectivity index (χ1) is 9.16. The van der Waals surface area contributed by atoms with Gasteiger partial charge in [0.25, 0.3) is 0 Å². The summed E-state index contributed by atoms with van der Waals surface area (Å²) in [4.78, 5) is 5.31. The summed E-state index contributed by atoms with van der Waals surface area (Å²) in [5.74, 6) is 0.273. The molecule has 0 aliphatic rings. The van der Waals surface area contributed by atoms with Crippen molar-refractivity contribution in [3.05, 3.63) is 65.2 Å². The van der Waals surface area contributed by atoms with Crippen LogP contribution in [0, 0.1) is 6.92 Å². The molecule has 0 fully saturated rings. The largest absolute Gasteiger partial charge is 0.508 e. The van der Waals surface area contributed by atoms with Crippen LogP contribution in [0.2, 0.25) is 0 Å². The molecule has 3 nitrogen and oxygen atoms in total. The first-order valence-corrected chi connectivity index (χ1v) is 6.17. The Morgan fingerprint density at radius 1 is 1.16 bits per heavy atom. The van der Waals surface area contributed by atoms with Crippen molar-refractivity contribution in [1.82, 2.24) is 0 Å². The van der Waals surface area contributed by atoms with Crippen molar-refractivity contribution in [2.75, 3.05) is 0 Å². The second-order valence-electron chi connectivity index (χ2n) is 4.44. The number of oxime groups is 1. The summed E-state index contributed by atoms with van der Waals surface area (Å²) in [7, 11) is 0. The van der Waals surface area contributed by atoms with Gasteiger partial charge >= 0.3 is 0 Å². The average Bonchev–Trinajstić information content (AvgIpc) is 2.43. The third-order valence-electron chi connectivity index (χ3n) is 2.90. The van der Waals surface area contributed by atoms with Crippen LogP contribution >= 0.6 is 0 Å². The van der Waals surface area contributed by atoms with E-state index in [0.717, 1.165) is 22.4 Å². The monoisotopic (exact) mass is 255 g/mol. The van der Waals surface area contributed by atoms with Crippen LogP contribution in [0.15, 0.2) is 53.7 Å². The Balaban J connectivity index is 2.01. The fraction of sp³-hybridized carbons (Fsp3) is 0.188. The Bertz CT molecular complexity index is 577. The molecule has 0 aromatic heterocycles. The molecule has 98 valence electrons. The van der Waals surface area contributed by atoms with Crippen molar-refractivity contribution in [3.8, 4) is 5.75 Å². The molecule has 19 heavy (non-hydrogen) atoms. The van der Waals surface area contributed by atoms with Gasteiger partial charge in [-0.05, 0) is 31.0 Å².